The van der Waals surface area contributed by atoms with E-state index in [2.05, 4.69) is 20.2 Å². The molecule has 8 nitrogen and oxygen atoms in total. The number of nitrogens with zero attached hydrogens (tertiary/aromatic N) is 5. The molecule has 2 aromatic heterocycles. The Labute approximate surface area is 186 Å². The summed E-state index contributed by atoms with van der Waals surface area (Å²) in [5.41, 5.74) is 0.931. The number of benzene rings is 1. The average Bonchev–Trinajstić information content (AvgIpc) is 3.33. The summed E-state index contributed by atoms with van der Waals surface area (Å²) >= 11 is 6.18. The summed E-state index contributed by atoms with van der Waals surface area (Å²) in [7, 11) is 1.58. The Morgan fingerprint density at radius 1 is 1.29 bits per heavy atom. The lowest BCUT2D eigenvalue weighted by Gasteiger charge is -2.36. The number of hydrogen-bond donors (Lipinski definition) is 1. The second-order valence-corrected chi connectivity index (χ2v) is 7.88. The predicted molar refractivity (Wildman–Crippen MR) is 119 cm³/mol. The second-order valence-electron chi connectivity index (χ2n) is 7.48. The first kappa shape index (κ1) is 21.1. The second kappa shape index (κ2) is 9.78. The van der Waals surface area contributed by atoms with E-state index in [1.165, 1.54) is 0 Å². The van der Waals surface area contributed by atoms with E-state index in [1.54, 1.807) is 36.5 Å². The smallest absolute Gasteiger partial charge is 0.236 e. The van der Waals surface area contributed by atoms with Crippen molar-refractivity contribution in [1.29, 1.82) is 0 Å². The van der Waals surface area contributed by atoms with E-state index in [9.17, 15) is 4.79 Å². The van der Waals surface area contributed by atoms with Gasteiger partial charge in [0.1, 0.15) is 17.9 Å². The molecule has 162 valence electrons. The van der Waals surface area contributed by atoms with Gasteiger partial charge in [0.2, 0.25) is 11.9 Å². The summed E-state index contributed by atoms with van der Waals surface area (Å²) in [5.74, 6) is 2.03. The zero-order valence-corrected chi connectivity index (χ0v) is 18.1. The van der Waals surface area contributed by atoms with Gasteiger partial charge in [-0.05, 0) is 43.0 Å². The molecule has 1 aliphatic rings. The molecule has 4 rings (SSSR count). The van der Waals surface area contributed by atoms with Crippen LogP contribution in [0.2, 0.25) is 5.02 Å². The van der Waals surface area contributed by atoms with E-state index in [4.69, 9.17) is 21.3 Å². The molecular formula is C22H25ClN6O2. The lowest BCUT2D eigenvalue weighted by Crippen LogP contribution is -2.43. The molecule has 1 saturated heterocycles. The van der Waals surface area contributed by atoms with E-state index >= 15 is 0 Å². The zero-order valence-electron chi connectivity index (χ0n) is 17.4. The fourth-order valence-corrected chi connectivity index (χ4v) is 4.10. The van der Waals surface area contributed by atoms with Crippen LogP contribution in [0.15, 0.2) is 49.2 Å². The number of carbonyl (C=O) groups is 1. The Hall–Kier alpha value is -3.13. The van der Waals surface area contributed by atoms with Crippen LogP contribution >= 0.6 is 11.6 Å². The first-order valence-corrected chi connectivity index (χ1v) is 10.7. The summed E-state index contributed by atoms with van der Waals surface area (Å²) in [6.45, 7) is 1.29. The molecule has 1 unspecified atom stereocenters. The van der Waals surface area contributed by atoms with Crippen molar-refractivity contribution < 1.29 is 9.53 Å². The number of anilines is 1. The van der Waals surface area contributed by atoms with Crippen molar-refractivity contribution in [2.24, 2.45) is 0 Å². The lowest BCUT2D eigenvalue weighted by atomic mass is 9.99. The molecule has 1 aromatic carbocycles. The van der Waals surface area contributed by atoms with Gasteiger partial charge in [0.25, 0.3) is 0 Å². The molecule has 3 heterocycles. The molecule has 0 bridgehead atoms. The monoisotopic (exact) mass is 440 g/mol. The predicted octanol–water partition coefficient (Wildman–Crippen LogP) is 3.39. The number of amides is 1. The van der Waals surface area contributed by atoms with Crippen LogP contribution in [0.3, 0.4) is 0 Å². The molecule has 1 amide bonds. The summed E-state index contributed by atoms with van der Waals surface area (Å²) in [6.07, 6.45) is 10.5. The van der Waals surface area contributed by atoms with Gasteiger partial charge in [-0.3, -0.25) is 9.36 Å². The fourth-order valence-electron chi connectivity index (χ4n) is 3.82. The van der Waals surface area contributed by atoms with Crippen LogP contribution in [-0.2, 0) is 11.3 Å². The van der Waals surface area contributed by atoms with Crippen molar-refractivity contribution in [3.63, 3.8) is 0 Å². The number of ether oxygens (including phenoxy) is 1. The Bertz CT molecular complexity index is 1030. The van der Waals surface area contributed by atoms with Gasteiger partial charge in [-0.2, -0.15) is 4.98 Å². The number of carbonyl (C=O) groups excluding carboxylic acids is 1. The highest BCUT2D eigenvalue weighted by Crippen LogP contribution is 2.26. The molecule has 1 fully saturated rings. The van der Waals surface area contributed by atoms with Crippen molar-refractivity contribution in [2.75, 3.05) is 18.6 Å². The Morgan fingerprint density at radius 3 is 2.97 bits per heavy atom. The largest absolute Gasteiger partial charge is 0.495 e. The van der Waals surface area contributed by atoms with E-state index in [-0.39, 0.29) is 11.9 Å². The van der Waals surface area contributed by atoms with Crippen LogP contribution in [0.25, 0.3) is 5.95 Å². The third-order valence-electron chi connectivity index (χ3n) is 5.41. The Kier molecular flexibility index (Phi) is 6.66. The molecule has 0 spiro atoms. The van der Waals surface area contributed by atoms with Crippen LogP contribution in [0.5, 0.6) is 5.75 Å². The van der Waals surface area contributed by atoms with Crippen molar-refractivity contribution in [3.8, 4) is 11.7 Å². The van der Waals surface area contributed by atoms with Crippen LogP contribution in [0.1, 0.15) is 31.2 Å². The van der Waals surface area contributed by atoms with Gasteiger partial charge >= 0.3 is 0 Å². The minimum atomic E-state index is 0.00716. The third kappa shape index (κ3) is 5.14. The number of piperidine rings is 1. The van der Waals surface area contributed by atoms with E-state index in [1.807, 2.05) is 24.4 Å². The van der Waals surface area contributed by atoms with Gasteiger partial charge in [-0.15, -0.1) is 0 Å². The topological polar surface area (TPSA) is 85.2 Å². The highest BCUT2D eigenvalue weighted by atomic mass is 35.5. The van der Waals surface area contributed by atoms with Gasteiger partial charge < -0.3 is 15.0 Å². The molecule has 9 heteroatoms. The number of methoxy groups -OCH3 is 1. The number of rotatable bonds is 7. The standard InChI is InChI=1S/C22H25ClN6O2/c1-31-19-6-5-16(12-18(19)23)14-26-21(30)13-17-4-2-3-10-29(17)20-7-8-25-22(27-20)28-11-9-24-15-28/h5-9,11-12,15,17H,2-4,10,13-14H2,1H3,(H,26,30). The van der Waals surface area contributed by atoms with Crippen molar-refractivity contribution in [3.05, 3.63) is 59.8 Å². The number of imidazole rings is 1. The summed E-state index contributed by atoms with van der Waals surface area (Å²) in [4.78, 5) is 28.0. The molecule has 1 atom stereocenters. The number of aromatic nitrogens is 4. The van der Waals surface area contributed by atoms with Crippen molar-refractivity contribution in [2.45, 2.75) is 38.3 Å². The summed E-state index contributed by atoms with van der Waals surface area (Å²) in [6, 6.07) is 7.51. The first-order valence-electron chi connectivity index (χ1n) is 10.3. The van der Waals surface area contributed by atoms with Crippen LogP contribution in [0.4, 0.5) is 5.82 Å². The molecular weight excluding hydrogens is 416 g/mol. The molecule has 0 radical (unpaired) electrons. The van der Waals surface area contributed by atoms with Gasteiger partial charge in [0.15, 0.2) is 0 Å². The Morgan fingerprint density at radius 2 is 2.19 bits per heavy atom. The minimum absolute atomic E-state index is 0.00716. The summed E-state index contributed by atoms with van der Waals surface area (Å²) in [5, 5.41) is 3.54. The van der Waals surface area contributed by atoms with Crippen LogP contribution < -0.4 is 15.0 Å². The SMILES string of the molecule is COc1ccc(CNC(=O)CC2CCCCN2c2ccnc(-n3ccnc3)n2)cc1Cl. The van der Waals surface area contributed by atoms with Gasteiger partial charge in [-0.25, -0.2) is 9.97 Å². The molecule has 0 aliphatic carbocycles. The van der Waals surface area contributed by atoms with Gasteiger partial charge in [0, 0.05) is 44.1 Å². The maximum atomic E-state index is 12.7. The maximum absolute atomic E-state index is 12.7. The number of halogens is 1. The average molecular weight is 441 g/mol. The van der Waals surface area contributed by atoms with Crippen LogP contribution in [-0.4, -0.2) is 45.1 Å². The molecule has 1 aliphatic heterocycles. The fraction of sp³-hybridized carbons (Fsp3) is 0.364. The summed E-state index contributed by atoms with van der Waals surface area (Å²) < 4.78 is 6.94. The quantitative estimate of drug-likeness (QED) is 0.606. The van der Waals surface area contributed by atoms with Gasteiger partial charge in [-0.1, -0.05) is 17.7 Å². The van der Waals surface area contributed by atoms with Crippen molar-refractivity contribution in [1.82, 2.24) is 24.8 Å². The molecule has 1 N–H and O–H groups in total. The third-order valence-corrected chi connectivity index (χ3v) is 5.71. The van der Waals surface area contributed by atoms with E-state index in [0.717, 1.165) is 37.2 Å². The highest BCUT2D eigenvalue weighted by Gasteiger charge is 2.26. The zero-order chi connectivity index (χ0) is 21.6. The minimum Gasteiger partial charge on any atom is -0.495 e. The highest BCUT2D eigenvalue weighted by molar-refractivity contribution is 6.32. The van der Waals surface area contributed by atoms with Crippen LogP contribution in [0, 0.1) is 0 Å². The van der Waals surface area contributed by atoms with Gasteiger partial charge in [0.05, 0.1) is 12.1 Å². The first-order chi connectivity index (χ1) is 15.1. The molecule has 3 aromatic rings. The molecule has 31 heavy (non-hydrogen) atoms. The van der Waals surface area contributed by atoms with E-state index in [0.29, 0.717) is 29.7 Å². The Balaban J connectivity index is 1.40. The van der Waals surface area contributed by atoms with E-state index < -0.39 is 0 Å². The number of nitrogens with one attached hydrogen (secondary N) is 1. The number of hydrogen-bond acceptors (Lipinski definition) is 6. The maximum Gasteiger partial charge on any atom is 0.236 e. The normalized spacial score (nSPS) is 16.2. The molecule has 0 saturated carbocycles. The lowest BCUT2D eigenvalue weighted by molar-refractivity contribution is -0.121. The van der Waals surface area contributed by atoms with Crippen molar-refractivity contribution >= 4 is 23.3 Å².